The molecular weight excluding hydrogens is 336 g/mol. The number of carbonyl (C=O) groups is 2. The lowest BCUT2D eigenvalue weighted by Gasteiger charge is -2.37. The quantitative estimate of drug-likeness (QED) is 0.735. The Kier molecular flexibility index (Phi) is 6.40. The van der Waals surface area contributed by atoms with Gasteiger partial charge in [-0.05, 0) is 50.4 Å². The zero-order valence-electron chi connectivity index (χ0n) is 16.2. The average Bonchev–Trinajstić information content (AvgIpc) is 2.72. The summed E-state index contributed by atoms with van der Waals surface area (Å²) in [6.07, 6.45) is 3.19. The maximum absolute atomic E-state index is 12.8. The predicted molar refractivity (Wildman–Crippen MR) is 108 cm³/mol. The van der Waals surface area contributed by atoms with Crippen molar-refractivity contribution in [3.63, 3.8) is 0 Å². The minimum absolute atomic E-state index is 0.0173. The number of likely N-dealkylation sites (N-methyl/N-ethyl adjacent to an activating group) is 1. The van der Waals surface area contributed by atoms with E-state index in [2.05, 4.69) is 29.2 Å². The lowest BCUT2D eigenvalue weighted by Crippen LogP contribution is -2.49. The van der Waals surface area contributed by atoms with Crippen molar-refractivity contribution in [2.75, 3.05) is 26.7 Å². The third-order valence-corrected chi connectivity index (χ3v) is 5.45. The van der Waals surface area contributed by atoms with E-state index in [1.54, 1.807) is 24.3 Å². The van der Waals surface area contributed by atoms with Crippen molar-refractivity contribution in [2.45, 2.75) is 32.2 Å². The van der Waals surface area contributed by atoms with Gasteiger partial charge in [0.25, 0.3) is 5.91 Å². The highest BCUT2D eigenvalue weighted by Crippen LogP contribution is 2.18. The molecule has 0 aromatic heterocycles. The van der Waals surface area contributed by atoms with E-state index >= 15 is 0 Å². The number of rotatable bonds is 6. The van der Waals surface area contributed by atoms with Crippen molar-refractivity contribution in [2.24, 2.45) is 0 Å². The molecule has 1 saturated heterocycles. The molecule has 0 saturated carbocycles. The maximum atomic E-state index is 12.8. The van der Waals surface area contributed by atoms with Gasteiger partial charge in [0.2, 0.25) is 0 Å². The zero-order valence-corrected chi connectivity index (χ0v) is 16.2. The van der Waals surface area contributed by atoms with Gasteiger partial charge in [0, 0.05) is 37.3 Å². The van der Waals surface area contributed by atoms with E-state index in [-0.39, 0.29) is 17.7 Å². The van der Waals surface area contributed by atoms with E-state index in [1.807, 2.05) is 18.0 Å². The van der Waals surface area contributed by atoms with Crippen LogP contribution in [0.4, 0.5) is 0 Å². The first-order valence-corrected chi connectivity index (χ1v) is 9.69. The molecule has 27 heavy (non-hydrogen) atoms. The Hall–Kier alpha value is -2.46. The maximum Gasteiger partial charge on any atom is 0.253 e. The SMILES string of the molecule is CC(=O)c1ccc(C(=O)N(C)C2CCCN(CCc3ccccc3)C2)cc1. The van der Waals surface area contributed by atoms with Crippen LogP contribution in [0.5, 0.6) is 0 Å². The van der Waals surface area contributed by atoms with Crippen LogP contribution in [0.15, 0.2) is 54.6 Å². The van der Waals surface area contributed by atoms with Gasteiger partial charge in [0.05, 0.1) is 0 Å². The normalized spacial score (nSPS) is 17.5. The van der Waals surface area contributed by atoms with Crippen LogP contribution in [-0.2, 0) is 6.42 Å². The molecule has 1 heterocycles. The van der Waals surface area contributed by atoms with Gasteiger partial charge >= 0.3 is 0 Å². The minimum Gasteiger partial charge on any atom is -0.337 e. The molecule has 1 amide bonds. The van der Waals surface area contributed by atoms with Crippen LogP contribution in [0.1, 0.15) is 46.0 Å². The van der Waals surface area contributed by atoms with E-state index in [9.17, 15) is 9.59 Å². The van der Waals surface area contributed by atoms with E-state index < -0.39 is 0 Å². The number of likely N-dealkylation sites (tertiary alicyclic amines) is 1. The minimum atomic E-state index is 0.0173. The van der Waals surface area contributed by atoms with Crippen LogP contribution >= 0.6 is 0 Å². The van der Waals surface area contributed by atoms with Crippen molar-refractivity contribution in [1.82, 2.24) is 9.80 Å². The summed E-state index contributed by atoms with van der Waals surface area (Å²) in [5.74, 6) is 0.0451. The second-order valence-electron chi connectivity index (χ2n) is 7.38. The molecule has 1 atom stereocenters. The van der Waals surface area contributed by atoms with E-state index in [1.165, 1.54) is 12.5 Å². The molecule has 4 nitrogen and oxygen atoms in total. The standard InChI is InChI=1S/C23H28N2O2/c1-18(26)20-10-12-21(13-11-20)23(27)24(2)22-9-6-15-25(17-22)16-14-19-7-4-3-5-8-19/h3-5,7-8,10-13,22H,6,9,14-17H2,1-2H3. The molecule has 1 fully saturated rings. The molecule has 1 aliphatic heterocycles. The molecule has 1 aliphatic rings. The van der Waals surface area contributed by atoms with E-state index in [0.29, 0.717) is 11.1 Å². The van der Waals surface area contributed by atoms with Crippen LogP contribution in [0.2, 0.25) is 0 Å². The molecule has 3 rings (SSSR count). The number of benzene rings is 2. The zero-order chi connectivity index (χ0) is 19.2. The van der Waals surface area contributed by atoms with Gasteiger partial charge in [0.15, 0.2) is 5.78 Å². The first-order valence-electron chi connectivity index (χ1n) is 9.69. The summed E-state index contributed by atoms with van der Waals surface area (Å²) in [6.45, 7) is 4.57. The number of hydrogen-bond acceptors (Lipinski definition) is 3. The van der Waals surface area contributed by atoms with Gasteiger partial charge in [-0.3, -0.25) is 9.59 Å². The summed E-state index contributed by atoms with van der Waals surface area (Å²) in [5.41, 5.74) is 2.64. The molecule has 0 N–H and O–H groups in total. The van der Waals surface area contributed by atoms with E-state index in [0.717, 1.165) is 38.9 Å². The smallest absolute Gasteiger partial charge is 0.253 e. The molecule has 2 aromatic rings. The molecule has 142 valence electrons. The fourth-order valence-electron chi connectivity index (χ4n) is 3.70. The lowest BCUT2D eigenvalue weighted by atomic mass is 10.0. The first-order chi connectivity index (χ1) is 13.0. The van der Waals surface area contributed by atoms with Gasteiger partial charge in [-0.1, -0.05) is 42.5 Å². The van der Waals surface area contributed by atoms with Crippen LogP contribution < -0.4 is 0 Å². The fraction of sp³-hybridized carbons (Fsp3) is 0.391. The monoisotopic (exact) mass is 364 g/mol. The molecule has 0 aliphatic carbocycles. The third kappa shape index (κ3) is 5.04. The number of nitrogens with zero attached hydrogens (tertiary/aromatic N) is 2. The average molecular weight is 364 g/mol. The van der Waals surface area contributed by atoms with Crippen molar-refractivity contribution < 1.29 is 9.59 Å². The third-order valence-electron chi connectivity index (χ3n) is 5.45. The molecule has 1 unspecified atom stereocenters. The Morgan fingerprint density at radius 1 is 1.04 bits per heavy atom. The van der Waals surface area contributed by atoms with Crippen molar-refractivity contribution in [3.8, 4) is 0 Å². The summed E-state index contributed by atoms with van der Waals surface area (Å²) in [5, 5.41) is 0. The highest BCUT2D eigenvalue weighted by molar-refractivity contribution is 5.97. The molecule has 0 bridgehead atoms. The Bertz CT molecular complexity index is 771. The van der Waals surface area contributed by atoms with Gasteiger partial charge in [0.1, 0.15) is 0 Å². The molecule has 0 spiro atoms. The molecular formula is C23H28N2O2. The summed E-state index contributed by atoms with van der Waals surface area (Å²) >= 11 is 0. The van der Waals surface area contributed by atoms with Crippen LogP contribution in [0, 0.1) is 0 Å². The predicted octanol–water partition coefficient (Wildman–Crippen LogP) is 3.67. The number of ketones is 1. The van der Waals surface area contributed by atoms with Crippen molar-refractivity contribution in [1.29, 1.82) is 0 Å². The second kappa shape index (κ2) is 8.96. The van der Waals surface area contributed by atoms with Crippen LogP contribution in [-0.4, -0.2) is 54.2 Å². The van der Waals surface area contributed by atoms with Crippen molar-refractivity contribution >= 4 is 11.7 Å². The highest BCUT2D eigenvalue weighted by Gasteiger charge is 2.26. The Morgan fingerprint density at radius 3 is 2.37 bits per heavy atom. The summed E-state index contributed by atoms with van der Waals surface area (Å²) in [7, 11) is 1.90. The molecule has 0 radical (unpaired) electrons. The van der Waals surface area contributed by atoms with Crippen LogP contribution in [0.3, 0.4) is 0 Å². The lowest BCUT2D eigenvalue weighted by molar-refractivity contribution is 0.0619. The van der Waals surface area contributed by atoms with Crippen molar-refractivity contribution in [3.05, 3.63) is 71.3 Å². The first kappa shape index (κ1) is 19.3. The second-order valence-corrected chi connectivity index (χ2v) is 7.38. The van der Waals surface area contributed by atoms with Gasteiger partial charge < -0.3 is 9.80 Å². The Balaban J connectivity index is 1.57. The number of piperidine rings is 1. The summed E-state index contributed by atoms with van der Waals surface area (Å²) in [6, 6.07) is 17.8. The largest absolute Gasteiger partial charge is 0.337 e. The van der Waals surface area contributed by atoms with Gasteiger partial charge in [-0.15, -0.1) is 0 Å². The summed E-state index contributed by atoms with van der Waals surface area (Å²) in [4.78, 5) is 28.6. The highest BCUT2D eigenvalue weighted by atomic mass is 16.2. The topological polar surface area (TPSA) is 40.6 Å². The Morgan fingerprint density at radius 2 is 1.70 bits per heavy atom. The number of amides is 1. The van der Waals surface area contributed by atoms with Crippen LogP contribution in [0.25, 0.3) is 0 Å². The molecule has 4 heteroatoms. The summed E-state index contributed by atoms with van der Waals surface area (Å²) < 4.78 is 0. The number of hydrogen-bond donors (Lipinski definition) is 0. The number of carbonyl (C=O) groups excluding carboxylic acids is 2. The van der Waals surface area contributed by atoms with E-state index in [4.69, 9.17) is 0 Å². The van der Waals surface area contributed by atoms with Gasteiger partial charge in [-0.25, -0.2) is 0 Å². The number of Topliss-reactive ketones (excluding diaryl/α,β-unsaturated/α-hetero) is 1. The molecule has 2 aromatic carbocycles. The van der Waals surface area contributed by atoms with Gasteiger partial charge in [-0.2, -0.15) is 0 Å². The fourth-order valence-corrected chi connectivity index (χ4v) is 3.70. The Labute approximate surface area is 161 Å².